The quantitative estimate of drug-likeness (QED) is 0.616. The first-order valence-electron chi connectivity index (χ1n) is 7.78. The predicted molar refractivity (Wildman–Crippen MR) is 98.0 cm³/mol. The van der Waals surface area contributed by atoms with E-state index in [9.17, 15) is 9.59 Å². The standard InChI is InChI=1S/C17H22N4O2S/c1-5-24-15-19-14(22)20(12-17(2,3)4)16(23)21(15)18-11-13-9-7-6-8-10-13/h6-11H,5,12H2,1-4H3/b18-11+. The maximum absolute atomic E-state index is 12.7. The van der Waals surface area contributed by atoms with Gasteiger partial charge in [-0.15, -0.1) is 0 Å². The van der Waals surface area contributed by atoms with Crippen LogP contribution in [0.5, 0.6) is 0 Å². The van der Waals surface area contributed by atoms with E-state index in [0.29, 0.717) is 10.9 Å². The maximum Gasteiger partial charge on any atom is 0.355 e. The Bertz CT molecular complexity index is 832. The second kappa shape index (κ2) is 7.61. The fourth-order valence-electron chi connectivity index (χ4n) is 2.06. The van der Waals surface area contributed by atoms with Gasteiger partial charge in [0.15, 0.2) is 5.16 Å². The summed E-state index contributed by atoms with van der Waals surface area (Å²) in [5, 5.41) is 4.57. The molecule has 1 heterocycles. The third-order valence-corrected chi connectivity index (χ3v) is 3.85. The molecular weight excluding hydrogens is 324 g/mol. The summed E-state index contributed by atoms with van der Waals surface area (Å²) in [5.41, 5.74) is -0.346. The van der Waals surface area contributed by atoms with E-state index < -0.39 is 11.4 Å². The van der Waals surface area contributed by atoms with Crippen molar-refractivity contribution in [2.45, 2.75) is 39.4 Å². The molecule has 0 atom stereocenters. The van der Waals surface area contributed by atoms with Crippen molar-refractivity contribution >= 4 is 18.0 Å². The van der Waals surface area contributed by atoms with Gasteiger partial charge in [0, 0.05) is 6.54 Å². The van der Waals surface area contributed by atoms with E-state index in [1.54, 1.807) is 6.21 Å². The Labute approximate surface area is 145 Å². The lowest BCUT2D eigenvalue weighted by Crippen LogP contribution is -2.43. The molecule has 0 spiro atoms. The summed E-state index contributed by atoms with van der Waals surface area (Å²) >= 11 is 1.32. The molecule has 24 heavy (non-hydrogen) atoms. The molecule has 0 amide bonds. The topological polar surface area (TPSA) is 69.2 Å². The molecule has 2 rings (SSSR count). The number of aromatic nitrogens is 3. The molecule has 7 heteroatoms. The summed E-state index contributed by atoms with van der Waals surface area (Å²) < 4.78 is 2.34. The Morgan fingerprint density at radius 1 is 1.21 bits per heavy atom. The minimum Gasteiger partial charge on any atom is -0.245 e. The van der Waals surface area contributed by atoms with Gasteiger partial charge in [-0.3, -0.25) is 0 Å². The fourth-order valence-corrected chi connectivity index (χ4v) is 2.71. The summed E-state index contributed by atoms with van der Waals surface area (Å²) in [6.07, 6.45) is 1.59. The Morgan fingerprint density at radius 3 is 2.46 bits per heavy atom. The number of hydrogen-bond acceptors (Lipinski definition) is 5. The van der Waals surface area contributed by atoms with Crippen LogP contribution in [0, 0.1) is 5.41 Å². The molecule has 0 N–H and O–H groups in total. The number of hydrogen-bond donors (Lipinski definition) is 0. The first kappa shape index (κ1) is 18.2. The van der Waals surface area contributed by atoms with E-state index >= 15 is 0 Å². The van der Waals surface area contributed by atoms with E-state index in [-0.39, 0.29) is 12.0 Å². The van der Waals surface area contributed by atoms with E-state index in [1.807, 2.05) is 58.0 Å². The SMILES string of the molecule is CCSc1nc(=O)n(CC(C)(C)C)c(=O)n1/N=C/c1ccccc1. The molecule has 0 aliphatic rings. The summed E-state index contributed by atoms with van der Waals surface area (Å²) in [6.45, 7) is 8.11. The second-order valence-corrected chi connectivity index (χ2v) is 7.74. The molecule has 0 aliphatic carbocycles. The van der Waals surface area contributed by atoms with Crippen LogP contribution in [0.15, 0.2) is 50.2 Å². The normalized spacial score (nSPS) is 12.0. The lowest BCUT2D eigenvalue weighted by Gasteiger charge is -2.19. The first-order valence-corrected chi connectivity index (χ1v) is 8.76. The monoisotopic (exact) mass is 346 g/mol. The van der Waals surface area contributed by atoms with Crippen molar-refractivity contribution in [1.29, 1.82) is 0 Å². The summed E-state index contributed by atoms with van der Waals surface area (Å²) in [7, 11) is 0. The first-order chi connectivity index (χ1) is 11.3. The summed E-state index contributed by atoms with van der Waals surface area (Å²) in [4.78, 5) is 29.0. The second-order valence-electron chi connectivity index (χ2n) is 6.51. The van der Waals surface area contributed by atoms with Gasteiger partial charge < -0.3 is 0 Å². The molecule has 0 unspecified atom stereocenters. The van der Waals surface area contributed by atoms with Crippen molar-refractivity contribution in [3.63, 3.8) is 0 Å². The minimum atomic E-state index is -0.531. The van der Waals surface area contributed by atoms with Crippen molar-refractivity contribution in [3.8, 4) is 0 Å². The van der Waals surface area contributed by atoms with Gasteiger partial charge in [-0.05, 0) is 16.7 Å². The van der Waals surface area contributed by atoms with Crippen LogP contribution >= 0.6 is 11.8 Å². The average Bonchev–Trinajstić information content (AvgIpc) is 2.51. The van der Waals surface area contributed by atoms with Gasteiger partial charge in [-0.2, -0.15) is 14.8 Å². The van der Waals surface area contributed by atoms with Gasteiger partial charge in [0.2, 0.25) is 0 Å². The van der Waals surface area contributed by atoms with Gasteiger partial charge in [0.05, 0.1) is 6.21 Å². The molecule has 0 aliphatic heterocycles. The lowest BCUT2D eigenvalue weighted by atomic mass is 9.97. The van der Waals surface area contributed by atoms with Gasteiger partial charge >= 0.3 is 11.4 Å². The Hall–Kier alpha value is -2.15. The Morgan fingerprint density at radius 2 is 1.88 bits per heavy atom. The maximum atomic E-state index is 12.7. The van der Waals surface area contributed by atoms with Crippen molar-refractivity contribution in [1.82, 2.24) is 14.2 Å². The van der Waals surface area contributed by atoms with E-state index in [1.165, 1.54) is 16.4 Å². The zero-order chi connectivity index (χ0) is 17.7. The molecule has 0 fully saturated rings. The lowest BCUT2D eigenvalue weighted by molar-refractivity contribution is 0.318. The highest BCUT2D eigenvalue weighted by atomic mass is 32.2. The molecule has 0 radical (unpaired) electrons. The van der Waals surface area contributed by atoms with Gasteiger partial charge in [0.1, 0.15) is 0 Å². The molecule has 0 saturated heterocycles. The third kappa shape index (κ3) is 4.67. The Balaban J connectivity index is 2.55. The molecule has 128 valence electrons. The average molecular weight is 346 g/mol. The van der Waals surface area contributed by atoms with Crippen LogP contribution in [0.3, 0.4) is 0 Å². The minimum absolute atomic E-state index is 0.217. The summed E-state index contributed by atoms with van der Waals surface area (Å²) in [6, 6.07) is 9.47. The number of nitrogens with zero attached hydrogens (tertiary/aromatic N) is 4. The van der Waals surface area contributed by atoms with Crippen LogP contribution in [-0.4, -0.2) is 26.2 Å². The molecular formula is C17H22N4O2S. The highest BCUT2D eigenvalue weighted by Gasteiger charge is 2.18. The highest BCUT2D eigenvalue weighted by Crippen LogP contribution is 2.15. The fraction of sp³-hybridized carbons (Fsp3) is 0.412. The van der Waals surface area contributed by atoms with Crippen LogP contribution < -0.4 is 11.4 Å². The van der Waals surface area contributed by atoms with Crippen LogP contribution in [0.2, 0.25) is 0 Å². The van der Waals surface area contributed by atoms with Gasteiger partial charge in [-0.25, -0.2) is 14.2 Å². The van der Waals surface area contributed by atoms with Crippen molar-refractivity contribution in [3.05, 3.63) is 56.9 Å². The smallest absolute Gasteiger partial charge is 0.245 e. The molecule has 1 aromatic heterocycles. The van der Waals surface area contributed by atoms with E-state index in [2.05, 4.69) is 10.1 Å². The Kier molecular flexibility index (Phi) is 5.77. The van der Waals surface area contributed by atoms with Crippen LogP contribution in [0.1, 0.15) is 33.3 Å². The summed E-state index contributed by atoms with van der Waals surface area (Å²) in [5.74, 6) is 0.690. The zero-order valence-corrected chi connectivity index (χ0v) is 15.2. The van der Waals surface area contributed by atoms with Crippen LogP contribution in [0.25, 0.3) is 0 Å². The van der Waals surface area contributed by atoms with Crippen molar-refractivity contribution < 1.29 is 0 Å². The van der Waals surface area contributed by atoms with E-state index in [4.69, 9.17) is 0 Å². The number of thioether (sulfide) groups is 1. The third-order valence-electron chi connectivity index (χ3n) is 3.04. The molecule has 0 bridgehead atoms. The number of benzene rings is 1. The van der Waals surface area contributed by atoms with Crippen LogP contribution in [-0.2, 0) is 6.54 Å². The zero-order valence-electron chi connectivity index (χ0n) is 14.4. The highest BCUT2D eigenvalue weighted by molar-refractivity contribution is 7.99. The van der Waals surface area contributed by atoms with Gasteiger partial charge in [0.25, 0.3) is 0 Å². The van der Waals surface area contributed by atoms with Gasteiger partial charge in [-0.1, -0.05) is 69.8 Å². The molecule has 0 saturated carbocycles. The van der Waals surface area contributed by atoms with E-state index in [0.717, 1.165) is 10.1 Å². The molecule has 1 aromatic carbocycles. The molecule has 6 nitrogen and oxygen atoms in total. The predicted octanol–water partition coefficient (Wildman–Crippen LogP) is 2.45. The van der Waals surface area contributed by atoms with Crippen LogP contribution in [0.4, 0.5) is 0 Å². The molecule has 2 aromatic rings. The van der Waals surface area contributed by atoms with Crippen molar-refractivity contribution in [2.24, 2.45) is 10.5 Å². The number of rotatable bonds is 5. The van der Waals surface area contributed by atoms with Crippen molar-refractivity contribution in [2.75, 3.05) is 5.75 Å². The largest absolute Gasteiger partial charge is 0.355 e.